The van der Waals surface area contributed by atoms with Crippen molar-refractivity contribution in [2.75, 3.05) is 31.6 Å². The second-order valence-electron chi connectivity index (χ2n) is 9.46. The van der Waals surface area contributed by atoms with E-state index in [1.54, 1.807) is 18.2 Å². The first-order valence-corrected chi connectivity index (χ1v) is 13.3. The summed E-state index contributed by atoms with van der Waals surface area (Å²) in [5, 5.41) is 2.72. The first-order valence-electron chi connectivity index (χ1n) is 12.5. The predicted molar refractivity (Wildman–Crippen MR) is 143 cm³/mol. The second kappa shape index (κ2) is 11.6. The average Bonchev–Trinajstić information content (AvgIpc) is 3.05. The molecule has 0 saturated carbocycles. The van der Waals surface area contributed by atoms with Gasteiger partial charge in [0, 0.05) is 18.7 Å². The van der Waals surface area contributed by atoms with Crippen LogP contribution in [0, 0.1) is 0 Å². The highest BCUT2D eigenvalue weighted by atomic mass is 79.9. The maximum Gasteiger partial charge on any atom is 0.573 e. The molecular weight excluding hydrogens is 633 g/mol. The minimum Gasteiger partial charge on any atom is -0.483 e. The summed E-state index contributed by atoms with van der Waals surface area (Å²) in [5.74, 6) is -1.82. The molecule has 42 heavy (non-hydrogen) atoms. The molecule has 14 heteroatoms. The third-order valence-corrected chi connectivity index (χ3v) is 7.38. The molecule has 0 spiro atoms. The molecule has 3 aromatic carbocycles. The van der Waals surface area contributed by atoms with Gasteiger partial charge in [-0.25, -0.2) is 8.78 Å². The molecule has 0 radical (unpaired) electrons. The maximum atomic E-state index is 13.5. The van der Waals surface area contributed by atoms with E-state index < -0.39 is 48.9 Å². The molecule has 0 aromatic heterocycles. The molecule has 1 saturated heterocycles. The van der Waals surface area contributed by atoms with E-state index >= 15 is 0 Å². The smallest absolute Gasteiger partial charge is 0.483 e. The van der Waals surface area contributed by atoms with Gasteiger partial charge in [-0.2, -0.15) is 0 Å². The lowest BCUT2D eigenvalue weighted by molar-refractivity contribution is -0.274. The van der Waals surface area contributed by atoms with Crippen LogP contribution >= 0.6 is 15.9 Å². The number of hydrogen-bond donors (Lipinski definition) is 1. The minimum atomic E-state index is -4.86. The highest BCUT2D eigenvalue weighted by Crippen LogP contribution is 2.33. The van der Waals surface area contributed by atoms with Crippen LogP contribution in [0.15, 0.2) is 65.1 Å². The third kappa shape index (κ3) is 6.32. The standard InChI is InChI=1S/C28H21BrF5N3O5/c29-20-12-18(42-28(32,33)34)5-7-23(20)41-14-24(38)36-8-9-37-22(13-36)26(39)35-21-6-4-16(11-19(21)27(37)40)15-2-1-3-17(10-15)25(30)31/h1-7,10-12,22,25H,8-9,13-14H2,(H,35,39). The number of ether oxygens (including phenoxy) is 2. The van der Waals surface area contributed by atoms with Gasteiger partial charge in [0.25, 0.3) is 18.2 Å². The SMILES string of the molecule is O=C1Nc2ccc(-c3cccc(C(F)F)c3)cc2C(=O)N2CCN(C(=O)COc3ccc(OC(F)(F)F)cc3Br)CC12. The van der Waals surface area contributed by atoms with Crippen LogP contribution in [-0.2, 0) is 9.59 Å². The Morgan fingerprint density at radius 3 is 2.50 bits per heavy atom. The van der Waals surface area contributed by atoms with Crippen LogP contribution in [0.5, 0.6) is 11.5 Å². The highest BCUT2D eigenvalue weighted by molar-refractivity contribution is 9.10. The fourth-order valence-corrected chi connectivity index (χ4v) is 5.21. The number of halogens is 6. The van der Waals surface area contributed by atoms with Gasteiger partial charge in [0.2, 0.25) is 5.91 Å². The molecule has 220 valence electrons. The Balaban J connectivity index is 1.27. The summed E-state index contributed by atoms with van der Waals surface area (Å²) in [6.45, 7) is -0.443. The number of carbonyl (C=O) groups is 3. The minimum absolute atomic E-state index is 0.0420. The molecule has 0 bridgehead atoms. The van der Waals surface area contributed by atoms with Crippen molar-refractivity contribution in [3.8, 4) is 22.6 Å². The number of carbonyl (C=O) groups excluding carboxylic acids is 3. The van der Waals surface area contributed by atoms with E-state index in [0.717, 1.165) is 12.1 Å². The Morgan fingerprint density at radius 1 is 1.02 bits per heavy atom. The lowest BCUT2D eigenvalue weighted by Gasteiger charge is -2.39. The van der Waals surface area contributed by atoms with Crippen molar-refractivity contribution < 1.29 is 45.8 Å². The number of nitrogens with zero attached hydrogens (tertiary/aromatic N) is 2. The zero-order chi connectivity index (χ0) is 30.2. The Kier molecular flexibility index (Phi) is 8.08. The van der Waals surface area contributed by atoms with Crippen LogP contribution in [0.1, 0.15) is 22.3 Å². The van der Waals surface area contributed by atoms with E-state index in [-0.39, 0.29) is 46.7 Å². The quantitative estimate of drug-likeness (QED) is 0.348. The van der Waals surface area contributed by atoms with Crippen molar-refractivity contribution in [1.82, 2.24) is 9.80 Å². The lowest BCUT2D eigenvalue weighted by atomic mass is 9.99. The van der Waals surface area contributed by atoms with Crippen LogP contribution < -0.4 is 14.8 Å². The van der Waals surface area contributed by atoms with Gasteiger partial charge < -0.3 is 24.6 Å². The molecule has 2 aliphatic heterocycles. The molecule has 1 N–H and O–H groups in total. The van der Waals surface area contributed by atoms with Crippen LogP contribution in [0.25, 0.3) is 11.1 Å². The van der Waals surface area contributed by atoms with Gasteiger partial charge >= 0.3 is 6.36 Å². The zero-order valence-corrected chi connectivity index (χ0v) is 23.0. The molecule has 1 atom stereocenters. The molecular formula is C28H21BrF5N3O5. The van der Waals surface area contributed by atoms with E-state index in [9.17, 15) is 36.3 Å². The summed E-state index contributed by atoms with van der Waals surface area (Å²) in [6, 6.07) is 12.8. The summed E-state index contributed by atoms with van der Waals surface area (Å²) in [7, 11) is 0. The van der Waals surface area contributed by atoms with Crippen LogP contribution in [0.4, 0.5) is 27.6 Å². The normalized spacial score (nSPS) is 16.9. The molecule has 8 nitrogen and oxygen atoms in total. The van der Waals surface area contributed by atoms with E-state index in [2.05, 4.69) is 26.0 Å². The number of benzene rings is 3. The van der Waals surface area contributed by atoms with Gasteiger partial charge in [0.15, 0.2) is 6.61 Å². The highest BCUT2D eigenvalue weighted by Gasteiger charge is 2.40. The fourth-order valence-electron chi connectivity index (χ4n) is 4.74. The summed E-state index contributed by atoms with van der Waals surface area (Å²) in [6.07, 6.45) is -7.52. The monoisotopic (exact) mass is 653 g/mol. The van der Waals surface area contributed by atoms with Crippen molar-refractivity contribution in [3.05, 3.63) is 76.3 Å². The van der Waals surface area contributed by atoms with E-state index in [1.807, 2.05) is 0 Å². The van der Waals surface area contributed by atoms with Crippen LogP contribution in [0.3, 0.4) is 0 Å². The molecule has 5 rings (SSSR count). The van der Waals surface area contributed by atoms with E-state index in [0.29, 0.717) is 11.1 Å². The van der Waals surface area contributed by atoms with Crippen LogP contribution in [-0.4, -0.2) is 66.2 Å². The summed E-state index contributed by atoms with van der Waals surface area (Å²) in [5.41, 5.74) is 1.30. The Morgan fingerprint density at radius 2 is 1.79 bits per heavy atom. The van der Waals surface area contributed by atoms with Gasteiger partial charge in [-0.15, -0.1) is 13.2 Å². The van der Waals surface area contributed by atoms with Crippen molar-refractivity contribution in [3.63, 3.8) is 0 Å². The fraction of sp³-hybridized carbons (Fsp3) is 0.250. The van der Waals surface area contributed by atoms with Gasteiger partial charge in [-0.1, -0.05) is 24.3 Å². The first-order chi connectivity index (χ1) is 19.9. The number of anilines is 1. The molecule has 3 amide bonds. The zero-order valence-electron chi connectivity index (χ0n) is 21.5. The number of rotatable bonds is 6. The molecule has 0 aliphatic carbocycles. The molecule has 3 aromatic rings. The van der Waals surface area contributed by atoms with Gasteiger partial charge in [-0.05, 0) is 63.5 Å². The lowest BCUT2D eigenvalue weighted by Crippen LogP contribution is -2.60. The summed E-state index contributed by atoms with van der Waals surface area (Å²) < 4.78 is 73.2. The Bertz CT molecular complexity index is 1550. The predicted octanol–water partition coefficient (Wildman–Crippen LogP) is 5.64. The van der Waals surface area contributed by atoms with E-state index in [4.69, 9.17) is 4.74 Å². The average molecular weight is 654 g/mol. The van der Waals surface area contributed by atoms with Crippen molar-refractivity contribution in [1.29, 1.82) is 0 Å². The number of alkyl halides is 5. The second-order valence-corrected chi connectivity index (χ2v) is 10.3. The first kappa shape index (κ1) is 29.3. The summed E-state index contributed by atoms with van der Waals surface area (Å²) in [4.78, 5) is 42.2. The van der Waals surface area contributed by atoms with Crippen molar-refractivity contribution in [2.24, 2.45) is 0 Å². The topological polar surface area (TPSA) is 88.2 Å². The van der Waals surface area contributed by atoms with Crippen molar-refractivity contribution >= 4 is 39.3 Å². The molecule has 1 unspecified atom stereocenters. The van der Waals surface area contributed by atoms with Gasteiger partial charge in [0.05, 0.1) is 22.3 Å². The number of piperazine rings is 1. The van der Waals surface area contributed by atoms with Crippen molar-refractivity contribution in [2.45, 2.75) is 18.8 Å². The Labute approximate surface area is 244 Å². The largest absolute Gasteiger partial charge is 0.573 e. The number of hydrogen-bond acceptors (Lipinski definition) is 5. The number of nitrogens with one attached hydrogen (secondary N) is 1. The van der Waals surface area contributed by atoms with Crippen LogP contribution in [0.2, 0.25) is 0 Å². The third-order valence-electron chi connectivity index (χ3n) is 6.76. The maximum absolute atomic E-state index is 13.5. The number of amides is 3. The molecule has 1 fully saturated rings. The Hall–Kier alpha value is -4.20. The molecule has 2 heterocycles. The van der Waals surface area contributed by atoms with Gasteiger partial charge in [-0.3, -0.25) is 14.4 Å². The molecule has 2 aliphatic rings. The summed E-state index contributed by atoms with van der Waals surface area (Å²) >= 11 is 3.09. The van der Waals surface area contributed by atoms with E-state index in [1.165, 1.54) is 40.1 Å². The number of fused-ring (bicyclic) bond motifs is 2. The van der Waals surface area contributed by atoms with Gasteiger partial charge in [0.1, 0.15) is 17.5 Å².